The zero-order valence-electron chi connectivity index (χ0n) is 10.8. The smallest absolute Gasteiger partial charge is 0.280 e. The third kappa shape index (κ3) is 2.29. The lowest BCUT2D eigenvalue weighted by atomic mass is 9.99. The van der Waals surface area contributed by atoms with Gasteiger partial charge in [-0.25, -0.2) is 0 Å². The first kappa shape index (κ1) is 13.1. The minimum absolute atomic E-state index is 0.00787. The molecule has 0 bridgehead atoms. The zero-order valence-corrected chi connectivity index (χ0v) is 10.8. The molecule has 0 saturated heterocycles. The summed E-state index contributed by atoms with van der Waals surface area (Å²) in [4.78, 5) is 10.7. The largest absolute Gasteiger partial charge is 0.381 e. The molecule has 0 spiro atoms. The lowest BCUT2D eigenvalue weighted by molar-refractivity contribution is -0.384. The van der Waals surface area contributed by atoms with Gasteiger partial charge in [0.1, 0.15) is 5.56 Å². The van der Waals surface area contributed by atoms with Gasteiger partial charge in [0.25, 0.3) is 5.69 Å². The zero-order chi connectivity index (χ0) is 14.0. The summed E-state index contributed by atoms with van der Waals surface area (Å²) in [5.74, 6) is 0.707. The molecule has 2 aromatic rings. The van der Waals surface area contributed by atoms with Crippen molar-refractivity contribution in [3.8, 4) is 11.3 Å². The van der Waals surface area contributed by atoms with E-state index in [9.17, 15) is 10.1 Å². The number of benzene rings is 1. The molecule has 6 heteroatoms. The average molecular weight is 261 g/mol. The Hall–Kier alpha value is -2.37. The van der Waals surface area contributed by atoms with Crippen LogP contribution in [-0.4, -0.2) is 10.1 Å². The van der Waals surface area contributed by atoms with Crippen molar-refractivity contribution in [2.45, 2.75) is 26.7 Å². The van der Waals surface area contributed by atoms with Gasteiger partial charge in [-0.1, -0.05) is 30.6 Å². The second-order valence-corrected chi connectivity index (χ2v) is 4.35. The predicted molar refractivity (Wildman–Crippen MR) is 71.7 cm³/mol. The van der Waals surface area contributed by atoms with Crippen LogP contribution in [0.1, 0.15) is 24.5 Å². The summed E-state index contributed by atoms with van der Waals surface area (Å²) in [6, 6.07) is 4.91. The second-order valence-electron chi connectivity index (χ2n) is 4.35. The van der Waals surface area contributed by atoms with Crippen LogP contribution in [0, 0.1) is 17.0 Å². The van der Waals surface area contributed by atoms with E-state index in [1.165, 1.54) is 6.07 Å². The van der Waals surface area contributed by atoms with Crippen LogP contribution < -0.4 is 5.73 Å². The molecule has 0 aliphatic heterocycles. The highest BCUT2D eigenvalue weighted by Crippen LogP contribution is 2.37. The SMILES string of the molecule is CCCc1c(N)noc1-c1c(C)cccc1[N+](=O)[O-]. The maximum atomic E-state index is 11.1. The number of nitrogens with two attached hydrogens (primary N) is 1. The number of anilines is 1. The van der Waals surface area contributed by atoms with Crippen LogP contribution in [0.15, 0.2) is 22.7 Å². The highest BCUT2D eigenvalue weighted by molar-refractivity contribution is 5.77. The molecule has 1 heterocycles. The Balaban J connectivity index is 2.68. The van der Waals surface area contributed by atoms with Crippen molar-refractivity contribution in [2.75, 3.05) is 5.73 Å². The predicted octanol–water partition coefficient (Wildman–Crippen LogP) is 3.09. The van der Waals surface area contributed by atoms with Gasteiger partial charge in [-0.15, -0.1) is 0 Å². The highest BCUT2D eigenvalue weighted by atomic mass is 16.6. The molecule has 0 amide bonds. The molecule has 0 saturated carbocycles. The van der Waals surface area contributed by atoms with Crippen molar-refractivity contribution in [1.82, 2.24) is 5.16 Å². The first-order valence-corrected chi connectivity index (χ1v) is 6.04. The number of nitrogens with zero attached hydrogens (tertiary/aromatic N) is 2. The molecule has 0 aliphatic carbocycles. The number of aromatic nitrogens is 1. The summed E-state index contributed by atoms with van der Waals surface area (Å²) in [5.41, 5.74) is 7.74. The molecule has 1 aromatic carbocycles. The van der Waals surface area contributed by atoms with Gasteiger partial charge >= 0.3 is 0 Å². The van der Waals surface area contributed by atoms with E-state index >= 15 is 0 Å². The van der Waals surface area contributed by atoms with Crippen molar-refractivity contribution < 1.29 is 9.45 Å². The van der Waals surface area contributed by atoms with E-state index in [2.05, 4.69) is 5.16 Å². The molecule has 19 heavy (non-hydrogen) atoms. The second kappa shape index (κ2) is 5.09. The van der Waals surface area contributed by atoms with E-state index in [1.54, 1.807) is 19.1 Å². The van der Waals surface area contributed by atoms with Gasteiger partial charge in [-0.3, -0.25) is 10.1 Å². The van der Waals surface area contributed by atoms with Crippen LogP contribution >= 0.6 is 0 Å². The van der Waals surface area contributed by atoms with Gasteiger partial charge in [0.15, 0.2) is 11.6 Å². The van der Waals surface area contributed by atoms with Gasteiger partial charge in [-0.2, -0.15) is 0 Å². The van der Waals surface area contributed by atoms with Crippen molar-refractivity contribution >= 4 is 11.5 Å². The summed E-state index contributed by atoms with van der Waals surface area (Å²) >= 11 is 0. The molecule has 0 aliphatic rings. The number of hydrogen-bond donors (Lipinski definition) is 1. The maximum Gasteiger partial charge on any atom is 0.280 e. The van der Waals surface area contributed by atoms with Gasteiger partial charge in [0.2, 0.25) is 0 Å². The molecule has 0 unspecified atom stereocenters. The van der Waals surface area contributed by atoms with Crippen LogP contribution in [0.5, 0.6) is 0 Å². The molecular weight excluding hydrogens is 246 g/mol. The Labute approximate surface area is 110 Å². The Bertz CT molecular complexity index is 620. The summed E-state index contributed by atoms with van der Waals surface area (Å²) in [7, 11) is 0. The monoisotopic (exact) mass is 261 g/mol. The van der Waals surface area contributed by atoms with Crippen LogP contribution in [0.3, 0.4) is 0 Å². The number of hydrogen-bond acceptors (Lipinski definition) is 5. The normalized spacial score (nSPS) is 10.6. The van der Waals surface area contributed by atoms with Gasteiger partial charge in [0.05, 0.1) is 4.92 Å². The number of nitro groups is 1. The summed E-state index contributed by atoms with van der Waals surface area (Å²) in [6.07, 6.45) is 1.54. The van der Waals surface area contributed by atoms with E-state index in [-0.39, 0.29) is 5.69 Å². The molecule has 0 radical (unpaired) electrons. The third-order valence-electron chi connectivity index (χ3n) is 2.99. The van der Waals surface area contributed by atoms with Gasteiger partial charge in [0, 0.05) is 11.6 Å². The van der Waals surface area contributed by atoms with E-state index in [1.807, 2.05) is 6.92 Å². The molecule has 2 rings (SSSR count). The minimum atomic E-state index is -0.420. The molecule has 2 N–H and O–H groups in total. The van der Waals surface area contributed by atoms with Crippen LogP contribution in [-0.2, 0) is 6.42 Å². The Morgan fingerprint density at radius 3 is 2.84 bits per heavy atom. The fourth-order valence-electron chi connectivity index (χ4n) is 2.11. The minimum Gasteiger partial charge on any atom is -0.381 e. The Morgan fingerprint density at radius 2 is 2.21 bits per heavy atom. The number of nitro benzene ring substituents is 1. The quantitative estimate of drug-likeness (QED) is 0.674. The standard InChI is InChI=1S/C13H15N3O3/c1-3-5-9-12(19-15-13(9)14)11-8(2)6-4-7-10(11)16(17)18/h4,6-7H,3,5H2,1-2H3,(H2,14,15). The average Bonchev–Trinajstić information content (AvgIpc) is 2.71. The van der Waals surface area contributed by atoms with Crippen LogP contribution in [0.2, 0.25) is 0 Å². The maximum absolute atomic E-state index is 11.1. The fraction of sp³-hybridized carbons (Fsp3) is 0.308. The molecule has 1 aromatic heterocycles. The number of aryl methyl sites for hydroxylation is 1. The van der Waals surface area contributed by atoms with E-state index < -0.39 is 4.92 Å². The first-order chi connectivity index (χ1) is 9.06. The van der Waals surface area contributed by atoms with Crippen LogP contribution in [0.25, 0.3) is 11.3 Å². The number of nitrogen functional groups attached to an aromatic ring is 1. The van der Waals surface area contributed by atoms with Gasteiger partial charge < -0.3 is 10.3 Å². The molecule has 0 fully saturated rings. The first-order valence-electron chi connectivity index (χ1n) is 6.04. The Morgan fingerprint density at radius 1 is 1.47 bits per heavy atom. The summed E-state index contributed by atoms with van der Waals surface area (Å²) in [5, 5.41) is 14.9. The Kier molecular flexibility index (Phi) is 3.50. The highest BCUT2D eigenvalue weighted by Gasteiger charge is 2.24. The lowest BCUT2D eigenvalue weighted by Crippen LogP contribution is -1.97. The topological polar surface area (TPSA) is 95.2 Å². The molecule has 6 nitrogen and oxygen atoms in total. The van der Waals surface area contributed by atoms with E-state index in [0.717, 1.165) is 17.5 Å². The van der Waals surface area contributed by atoms with Crippen LogP contribution in [0.4, 0.5) is 11.5 Å². The fourth-order valence-corrected chi connectivity index (χ4v) is 2.11. The molecule has 100 valence electrons. The molecule has 0 atom stereocenters. The van der Waals surface area contributed by atoms with Gasteiger partial charge in [-0.05, 0) is 18.9 Å². The lowest BCUT2D eigenvalue weighted by Gasteiger charge is -2.05. The van der Waals surface area contributed by atoms with Crippen molar-refractivity contribution in [3.63, 3.8) is 0 Å². The van der Waals surface area contributed by atoms with E-state index in [4.69, 9.17) is 10.3 Å². The van der Waals surface area contributed by atoms with Crippen molar-refractivity contribution in [2.24, 2.45) is 0 Å². The van der Waals surface area contributed by atoms with Crippen molar-refractivity contribution in [1.29, 1.82) is 0 Å². The van der Waals surface area contributed by atoms with E-state index in [0.29, 0.717) is 23.6 Å². The van der Waals surface area contributed by atoms with Crippen molar-refractivity contribution in [3.05, 3.63) is 39.4 Å². The number of rotatable bonds is 4. The summed E-state index contributed by atoms with van der Waals surface area (Å²) in [6.45, 7) is 3.80. The molecular formula is C13H15N3O3. The summed E-state index contributed by atoms with van der Waals surface area (Å²) < 4.78 is 5.23. The third-order valence-corrected chi connectivity index (χ3v) is 2.99.